The third kappa shape index (κ3) is 3.44. The van der Waals surface area contributed by atoms with E-state index in [0.717, 1.165) is 30.6 Å². The Balaban J connectivity index is 1.49. The Bertz CT molecular complexity index is 1080. The summed E-state index contributed by atoms with van der Waals surface area (Å²) in [5, 5.41) is 8.15. The van der Waals surface area contributed by atoms with Crippen molar-refractivity contribution in [2.75, 3.05) is 19.6 Å². The average Bonchev–Trinajstić information content (AvgIpc) is 3.52. The van der Waals surface area contributed by atoms with E-state index in [-0.39, 0.29) is 17.7 Å². The first-order valence-corrected chi connectivity index (χ1v) is 11.5. The lowest BCUT2D eigenvalue weighted by Gasteiger charge is -2.42. The molecule has 5 rings (SSSR count). The normalized spacial score (nSPS) is 23.6. The number of likely N-dealkylation sites (tertiary alicyclic amines) is 2. The molecule has 0 aliphatic carbocycles. The number of amides is 2. The molecule has 7 nitrogen and oxygen atoms in total. The number of thiophene rings is 1. The minimum atomic E-state index is -0.620. The SMILES string of the molecule is Cn1nccc1[C@@H]1CN(C(=O)c2ccsc2)C[C@]12CCCN(Cc1ccncc1)C2=O. The smallest absolute Gasteiger partial charge is 0.254 e. The monoisotopic (exact) mass is 435 g/mol. The van der Waals surface area contributed by atoms with E-state index in [2.05, 4.69) is 10.1 Å². The number of carbonyl (C=O) groups is 2. The molecule has 2 atom stereocenters. The summed E-state index contributed by atoms with van der Waals surface area (Å²) in [5.74, 6) is 0.0713. The minimum Gasteiger partial charge on any atom is -0.338 e. The Morgan fingerprint density at radius 2 is 2.06 bits per heavy atom. The number of hydrogen-bond donors (Lipinski definition) is 0. The number of aromatic nitrogens is 3. The van der Waals surface area contributed by atoms with Gasteiger partial charge in [-0.2, -0.15) is 16.4 Å². The van der Waals surface area contributed by atoms with E-state index in [1.807, 2.05) is 56.6 Å². The largest absolute Gasteiger partial charge is 0.338 e. The van der Waals surface area contributed by atoms with Crippen molar-refractivity contribution in [3.63, 3.8) is 0 Å². The van der Waals surface area contributed by atoms with E-state index in [1.54, 1.807) is 18.6 Å². The molecular weight excluding hydrogens is 410 g/mol. The number of aryl methyl sites for hydroxylation is 1. The van der Waals surface area contributed by atoms with E-state index < -0.39 is 5.41 Å². The molecule has 3 aromatic heterocycles. The van der Waals surface area contributed by atoms with E-state index in [0.29, 0.717) is 25.2 Å². The summed E-state index contributed by atoms with van der Waals surface area (Å²) in [6, 6.07) is 7.75. The summed E-state index contributed by atoms with van der Waals surface area (Å²) in [6.07, 6.45) is 6.99. The number of piperidine rings is 1. The second kappa shape index (κ2) is 7.92. The molecule has 2 amide bonds. The molecule has 8 heteroatoms. The zero-order valence-electron chi connectivity index (χ0n) is 17.5. The van der Waals surface area contributed by atoms with Crippen LogP contribution < -0.4 is 0 Å². The van der Waals surface area contributed by atoms with Crippen molar-refractivity contribution < 1.29 is 9.59 Å². The summed E-state index contributed by atoms with van der Waals surface area (Å²) in [7, 11) is 1.91. The van der Waals surface area contributed by atoms with Gasteiger partial charge in [0.15, 0.2) is 0 Å². The maximum Gasteiger partial charge on any atom is 0.254 e. The molecule has 2 aliphatic rings. The fourth-order valence-corrected chi connectivity index (χ4v) is 5.80. The van der Waals surface area contributed by atoms with E-state index in [9.17, 15) is 9.59 Å². The van der Waals surface area contributed by atoms with E-state index in [4.69, 9.17) is 0 Å². The lowest BCUT2D eigenvalue weighted by atomic mass is 9.70. The summed E-state index contributed by atoms with van der Waals surface area (Å²) >= 11 is 1.52. The summed E-state index contributed by atoms with van der Waals surface area (Å²) in [6.45, 7) is 2.28. The van der Waals surface area contributed by atoms with Crippen LogP contribution in [0.1, 0.15) is 40.4 Å². The average molecular weight is 436 g/mol. The molecule has 0 aromatic carbocycles. The molecule has 1 spiro atoms. The van der Waals surface area contributed by atoms with Crippen LogP contribution in [0.2, 0.25) is 0 Å². The summed E-state index contributed by atoms with van der Waals surface area (Å²) in [4.78, 5) is 35.1. The van der Waals surface area contributed by atoms with E-state index >= 15 is 0 Å². The van der Waals surface area contributed by atoms with Crippen molar-refractivity contribution in [3.05, 3.63) is 70.4 Å². The molecular formula is C23H25N5O2S. The fourth-order valence-electron chi connectivity index (χ4n) is 5.17. The Morgan fingerprint density at radius 3 is 2.77 bits per heavy atom. The van der Waals surface area contributed by atoms with Gasteiger partial charge < -0.3 is 9.80 Å². The number of carbonyl (C=O) groups excluding carboxylic acids is 2. The van der Waals surface area contributed by atoms with Crippen LogP contribution in [0.15, 0.2) is 53.6 Å². The third-order valence-corrected chi connectivity index (χ3v) is 7.38. The molecule has 5 heterocycles. The molecule has 0 radical (unpaired) electrons. The molecule has 2 fully saturated rings. The van der Waals surface area contributed by atoms with Crippen LogP contribution in [0.5, 0.6) is 0 Å². The summed E-state index contributed by atoms with van der Waals surface area (Å²) < 4.78 is 1.85. The lowest BCUT2D eigenvalue weighted by molar-refractivity contribution is -0.147. The fraction of sp³-hybridized carbons (Fsp3) is 0.391. The van der Waals surface area contributed by atoms with Crippen molar-refractivity contribution in [1.29, 1.82) is 0 Å². The molecule has 2 saturated heterocycles. The van der Waals surface area contributed by atoms with Crippen LogP contribution in [0.4, 0.5) is 0 Å². The second-order valence-corrected chi connectivity index (χ2v) is 9.25. The van der Waals surface area contributed by atoms with Gasteiger partial charge in [-0.3, -0.25) is 19.3 Å². The van der Waals surface area contributed by atoms with Crippen molar-refractivity contribution in [2.24, 2.45) is 12.5 Å². The first-order valence-electron chi connectivity index (χ1n) is 10.6. The molecule has 31 heavy (non-hydrogen) atoms. The Morgan fingerprint density at radius 1 is 1.23 bits per heavy atom. The molecule has 0 saturated carbocycles. The molecule has 0 bridgehead atoms. The van der Waals surface area contributed by atoms with Crippen LogP contribution in [0.25, 0.3) is 0 Å². The van der Waals surface area contributed by atoms with Gasteiger partial charge in [0.05, 0.1) is 11.0 Å². The quantitative estimate of drug-likeness (QED) is 0.632. The van der Waals surface area contributed by atoms with Gasteiger partial charge in [-0.05, 0) is 48.1 Å². The van der Waals surface area contributed by atoms with Crippen molar-refractivity contribution in [2.45, 2.75) is 25.3 Å². The van der Waals surface area contributed by atoms with Crippen LogP contribution in [0, 0.1) is 5.41 Å². The highest BCUT2D eigenvalue weighted by Gasteiger charge is 2.56. The van der Waals surface area contributed by atoms with Gasteiger partial charge >= 0.3 is 0 Å². The topological polar surface area (TPSA) is 71.3 Å². The van der Waals surface area contributed by atoms with Crippen LogP contribution >= 0.6 is 11.3 Å². The first-order chi connectivity index (χ1) is 15.1. The Kier molecular flexibility index (Phi) is 5.09. The first kappa shape index (κ1) is 19.9. The Labute approximate surface area is 185 Å². The van der Waals surface area contributed by atoms with Gasteiger partial charge in [-0.15, -0.1) is 0 Å². The summed E-state index contributed by atoms with van der Waals surface area (Å²) in [5.41, 5.74) is 2.16. The maximum absolute atomic E-state index is 14.0. The van der Waals surface area contributed by atoms with Crippen LogP contribution in [0.3, 0.4) is 0 Å². The molecule has 2 aliphatic heterocycles. The standard InChI is InChI=1S/C23H25N5O2S/c1-26-20(5-10-25-26)19-14-28(21(29)18-6-12-31-15-18)16-23(19)7-2-11-27(22(23)30)13-17-3-8-24-9-4-17/h3-6,8-10,12,15,19H,2,7,11,13-14,16H2,1H3/t19-,23+/m0/s1. The van der Waals surface area contributed by atoms with Gasteiger partial charge in [-0.25, -0.2) is 0 Å². The predicted octanol–water partition coefficient (Wildman–Crippen LogP) is 2.93. The van der Waals surface area contributed by atoms with Gasteiger partial charge in [0.1, 0.15) is 0 Å². The third-order valence-electron chi connectivity index (χ3n) is 6.70. The van der Waals surface area contributed by atoms with E-state index in [1.165, 1.54) is 11.3 Å². The minimum absolute atomic E-state index is 0.00403. The maximum atomic E-state index is 14.0. The molecule has 3 aromatic rings. The zero-order chi connectivity index (χ0) is 21.4. The zero-order valence-corrected chi connectivity index (χ0v) is 18.3. The van der Waals surface area contributed by atoms with Gasteiger partial charge in [0.25, 0.3) is 5.91 Å². The number of nitrogens with zero attached hydrogens (tertiary/aromatic N) is 5. The molecule has 160 valence electrons. The number of pyridine rings is 1. The lowest BCUT2D eigenvalue weighted by Crippen LogP contribution is -2.52. The Hall–Kier alpha value is -3.00. The molecule has 0 N–H and O–H groups in total. The second-order valence-electron chi connectivity index (χ2n) is 8.47. The van der Waals surface area contributed by atoms with Crippen LogP contribution in [-0.2, 0) is 18.4 Å². The molecule has 0 unspecified atom stereocenters. The van der Waals surface area contributed by atoms with Crippen LogP contribution in [-0.4, -0.2) is 56.0 Å². The highest BCUT2D eigenvalue weighted by atomic mass is 32.1. The van der Waals surface area contributed by atoms with Gasteiger partial charge in [0.2, 0.25) is 5.91 Å². The van der Waals surface area contributed by atoms with Crippen molar-refractivity contribution in [1.82, 2.24) is 24.6 Å². The predicted molar refractivity (Wildman–Crippen MR) is 117 cm³/mol. The highest BCUT2D eigenvalue weighted by Crippen LogP contribution is 2.49. The van der Waals surface area contributed by atoms with Crippen molar-refractivity contribution >= 4 is 23.2 Å². The van der Waals surface area contributed by atoms with Crippen molar-refractivity contribution in [3.8, 4) is 0 Å². The number of rotatable bonds is 4. The number of hydrogen-bond acceptors (Lipinski definition) is 5. The van der Waals surface area contributed by atoms with Gasteiger partial charge in [0, 0.05) is 68.8 Å². The van der Waals surface area contributed by atoms with Gasteiger partial charge in [-0.1, -0.05) is 0 Å². The highest BCUT2D eigenvalue weighted by molar-refractivity contribution is 7.08.